The molecule has 0 N–H and O–H groups in total. The Morgan fingerprint density at radius 2 is 2.35 bits per heavy atom. The van der Waals surface area contributed by atoms with Crippen molar-refractivity contribution in [1.82, 2.24) is 9.97 Å². The summed E-state index contributed by atoms with van der Waals surface area (Å²) < 4.78 is 5.42. The van der Waals surface area contributed by atoms with Gasteiger partial charge >= 0.3 is 0 Å². The molecular weight excluding hydrogens is 238 g/mol. The van der Waals surface area contributed by atoms with Crippen LogP contribution >= 0.6 is 11.6 Å². The molecule has 0 aliphatic carbocycles. The minimum atomic E-state index is 0.337. The van der Waals surface area contributed by atoms with E-state index in [1.807, 2.05) is 6.07 Å². The predicted molar refractivity (Wildman–Crippen MR) is 68.7 cm³/mol. The zero-order valence-electron chi connectivity index (χ0n) is 10.3. The van der Waals surface area contributed by atoms with Crippen LogP contribution in [0.2, 0.25) is 5.15 Å². The Morgan fingerprint density at radius 3 is 3.06 bits per heavy atom. The van der Waals surface area contributed by atoms with E-state index in [9.17, 15) is 0 Å². The molecule has 1 unspecified atom stereocenters. The molecule has 1 aromatic rings. The zero-order chi connectivity index (χ0) is 12.3. The Morgan fingerprint density at radius 1 is 1.53 bits per heavy atom. The second-order valence-electron chi connectivity index (χ2n) is 4.33. The minimum absolute atomic E-state index is 0.337. The standard InChI is InChI=1S/C12H18ClN3O/c1-3-4-11-14-10(13)7-12(15-11)16-5-6-17-8-9(16)2/h7,9H,3-6,8H2,1-2H3. The fourth-order valence-electron chi connectivity index (χ4n) is 2.00. The number of hydrogen-bond donors (Lipinski definition) is 0. The van der Waals surface area contributed by atoms with Crippen molar-refractivity contribution in [1.29, 1.82) is 0 Å². The van der Waals surface area contributed by atoms with Gasteiger partial charge in [-0.25, -0.2) is 9.97 Å². The number of nitrogens with zero attached hydrogens (tertiary/aromatic N) is 3. The van der Waals surface area contributed by atoms with Crippen molar-refractivity contribution >= 4 is 17.4 Å². The second kappa shape index (κ2) is 5.65. The van der Waals surface area contributed by atoms with Crippen LogP contribution in [0.4, 0.5) is 5.82 Å². The number of morpholine rings is 1. The molecule has 0 aromatic carbocycles. The van der Waals surface area contributed by atoms with Gasteiger partial charge in [-0.15, -0.1) is 0 Å². The lowest BCUT2D eigenvalue weighted by atomic mass is 10.2. The quantitative estimate of drug-likeness (QED) is 0.777. The fourth-order valence-corrected chi connectivity index (χ4v) is 2.20. The van der Waals surface area contributed by atoms with Gasteiger partial charge in [-0.3, -0.25) is 0 Å². The molecular formula is C12H18ClN3O. The van der Waals surface area contributed by atoms with Crippen LogP contribution in [0.1, 0.15) is 26.1 Å². The highest BCUT2D eigenvalue weighted by molar-refractivity contribution is 6.29. The van der Waals surface area contributed by atoms with Crippen molar-refractivity contribution in [3.05, 3.63) is 17.0 Å². The number of halogens is 1. The Bertz CT molecular complexity index is 386. The van der Waals surface area contributed by atoms with Crippen LogP contribution in [0.5, 0.6) is 0 Å². The zero-order valence-corrected chi connectivity index (χ0v) is 11.1. The largest absolute Gasteiger partial charge is 0.377 e. The van der Waals surface area contributed by atoms with Crippen molar-refractivity contribution in [3.8, 4) is 0 Å². The highest BCUT2D eigenvalue weighted by Crippen LogP contribution is 2.20. The van der Waals surface area contributed by atoms with E-state index >= 15 is 0 Å². The number of ether oxygens (including phenoxy) is 1. The molecule has 2 rings (SSSR count). The Hall–Kier alpha value is -0.870. The molecule has 4 nitrogen and oxygen atoms in total. The summed E-state index contributed by atoms with van der Waals surface area (Å²) in [7, 11) is 0. The highest BCUT2D eigenvalue weighted by atomic mass is 35.5. The van der Waals surface area contributed by atoms with Gasteiger partial charge in [0.15, 0.2) is 0 Å². The first kappa shape index (κ1) is 12.6. The molecule has 94 valence electrons. The number of aryl methyl sites for hydroxylation is 1. The van der Waals surface area contributed by atoms with Gasteiger partial charge < -0.3 is 9.64 Å². The van der Waals surface area contributed by atoms with E-state index < -0.39 is 0 Å². The molecule has 2 heterocycles. The third-order valence-electron chi connectivity index (χ3n) is 2.86. The van der Waals surface area contributed by atoms with Gasteiger partial charge in [-0.2, -0.15) is 0 Å². The Labute approximate surface area is 107 Å². The second-order valence-corrected chi connectivity index (χ2v) is 4.72. The van der Waals surface area contributed by atoms with Crippen molar-refractivity contribution < 1.29 is 4.74 Å². The van der Waals surface area contributed by atoms with Crippen LogP contribution in [0, 0.1) is 0 Å². The topological polar surface area (TPSA) is 38.2 Å². The van der Waals surface area contributed by atoms with Crippen LogP contribution < -0.4 is 4.90 Å². The molecule has 1 saturated heterocycles. The van der Waals surface area contributed by atoms with Crippen LogP contribution in [0.3, 0.4) is 0 Å². The molecule has 1 aromatic heterocycles. The molecule has 1 atom stereocenters. The smallest absolute Gasteiger partial charge is 0.134 e. The molecule has 0 bridgehead atoms. The summed E-state index contributed by atoms with van der Waals surface area (Å²) in [6, 6.07) is 2.17. The molecule has 5 heteroatoms. The molecule has 0 radical (unpaired) electrons. The monoisotopic (exact) mass is 255 g/mol. The summed E-state index contributed by atoms with van der Waals surface area (Å²) in [5.41, 5.74) is 0. The Kier molecular flexibility index (Phi) is 4.18. The number of aromatic nitrogens is 2. The van der Waals surface area contributed by atoms with Gasteiger partial charge in [0.25, 0.3) is 0 Å². The van der Waals surface area contributed by atoms with Crippen LogP contribution in [0.25, 0.3) is 0 Å². The van der Waals surface area contributed by atoms with E-state index in [1.165, 1.54) is 0 Å². The van der Waals surface area contributed by atoms with E-state index in [2.05, 4.69) is 28.7 Å². The molecule has 0 spiro atoms. The molecule has 0 amide bonds. The lowest BCUT2D eigenvalue weighted by molar-refractivity contribution is 0.0985. The van der Waals surface area contributed by atoms with Crippen LogP contribution in [-0.4, -0.2) is 35.8 Å². The number of rotatable bonds is 3. The summed E-state index contributed by atoms with van der Waals surface area (Å²) in [5, 5.41) is 0.525. The third kappa shape index (κ3) is 3.07. The third-order valence-corrected chi connectivity index (χ3v) is 3.06. The van der Waals surface area contributed by atoms with Crippen molar-refractivity contribution in [3.63, 3.8) is 0 Å². The van der Waals surface area contributed by atoms with Crippen molar-refractivity contribution in [2.75, 3.05) is 24.7 Å². The van der Waals surface area contributed by atoms with Gasteiger partial charge in [-0.05, 0) is 13.3 Å². The average molecular weight is 256 g/mol. The van der Waals surface area contributed by atoms with E-state index in [-0.39, 0.29) is 0 Å². The minimum Gasteiger partial charge on any atom is -0.377 e. The van der Waals surface area contributed by atoms with Crippen LogP contribution in [-0.2, 0) is 11.2 Å². The van der Waals surface area contributed by atoms with E-state index in [0.29, 0.717) is 11.2 Å². The lowest BCUT2D eigenvalue weighted by Crippen LogP contribution is -2.44. The highest BCUT2D eigenvalue weighted by Gasteiger charge is 2.21. The summed E-state index contributed by atoms with van der Waals surface area (Å²) in [6.45, 7) is 6.59. The first-order chi connectivity index (χ1) is 8.20. The normalized spacial score (nSPS) is 20.6. The van der Waals surface area contributed by atoms with E-state index in [0.717, 1.165) is 44.2 Å². The molecule has 1 aliphatic rings. The average Bonchev–Trinajstić information content (AvgIpc) is 2.29. The molecule has 1 fully saturated rings. The van der Waals surface area contributed by atoms with Gasteiger partial charge in [0.1, 0.15) is 16.8 Å². The molecule has 1 aliphatic heterocycles. The number of hydrogen-bond acceptors (Lipinski definition) is 4. The van der Waals surface area contributed by atoms with Gasteiger partial charge in [0, 0.05) is 19.0 Å². The fraction of sp³-hybridized carbons (Fsp3) is 0.667. The van der Waals surface area contributed by atoms with Gasteiger partial charge in [0.05, 0.1) is 19.3 Å². The van der Waals surface area contributed by atoms with E-state index in [1.54, 1.807) is 0 Å². The van der Waals surface area contributed by atoms with Gasteiger partial charge in [-0.1, -0.05) is 18.5 Å². The summed E-state index contributed by atoms with van der Waals surface area (Å²) in [4.78, 5) is 11.0. The molecule has 0 saturated carbocycles. The maximum atomic E-state index is 6.04. The number of anilines is 1. The SMILES string of the molecule is CCCc1nc(Cl)cc(N2CCOCC2C)n1. The molecule has 17 heavy (non-hydrogen) atoms. The maximum absolute atomic E-state index is 6.04. The summed E-state index contributed by atoms with van der Waals surface area (Å²) in [6.07, 6.45) is 1.89. The van der Waals surface area contributed by atoms with E-state index in [4.69, 9.17) is 16.3 Å². The lowest BCUT2D eigenvalue weighted by Gasteiger charge is -2.34. The first-order valence-electron chi connectivity index (χ1n) is 6.08. The maximum Gasteiger partial charge on any atom is 0.134 e. The predicted octanol–water partition coefficient (Wildman–Crippen LogP) is 2.31. The Balaban J connectivity index is 2.24. The van der Waals surface area contributed by atoms with Crippen LogP contribution in [0.15, 0.2) is 6.07 Å². The van der Waals surface area contributed by atoms with Crippen molar-refractivity contribution in [2.45, 2.75) is 32.7 Å². The summed E-state index contributed by atoms with van der Waals surface area (Å²) in [5.74, 6) is 1.75. The summed E-state index contributed by atoms with van der Waals surface area (Å²) >= 11 is 6.04. The van der Waals surface area contributed by atoms with Crippen molar-refractivity contribution in [2.24, 2.45) is 0 Å². The first-order valence-corrected chi connectivity index (χ1v) is 6.46. The van der Waals surface area contributed by atoms with Gasteiger partial charge in [0.2, 0.25) is 0 Å².